The van der Waals surface area contributed by atoms with Crippen molar-refractivity contribution in [3.8, 4) is 0 Å². The third-order valence-corrected chi connectivity index (χ3v) is 4.35. The summed E-state index contributed by atoms with van der Waals surface area (Å²) in [5.41, 5.74) is 2.45. The zero-order valence-electron chi connectivity index (χ0n) is 11.1. The lowest BCUT2D eigenvalue weighted by Crippen LogP contribution is -2.31. The molecule has 1 aromatic carbocycles. The zero-order valence-corrected chi connectivity index (χ0v) is 11.9. The van der Waals surface area contributed by atoms with Gasteiger partial charge in [-0.3, -0.25) is 4.79 Å². The second-order valence-electron chi connectivity index (χ2n) is 5.09. The summed E-state index contributed by atoms with van der Waals surface area (Å²) >= 11 is 0. The third-order valence-electron chi connectivity index (χ3n) is 3.40. The number of fused-ring (bicyclic) bond motifs is 1. The highest BCUT2D eigenvalue weighted by molar-refractivity contribution is 7.90. The van der Waals surface area contributed by atoms with Crippen molar-refractivity contribution in [2.75, 3.05) is 12.0 Å². The number of aryl methyl sites for hydroxylation is 1. The molecule has 0 saturated heterocycles. The Kier molecular flexibility index (Phi) is 4.24. The minimum absolute atomic E-state index is 0.0250. The highest BCUT2D eigenvalue weighted by Gasteiger charge is 2.21. The molecule has 0 heterocycles. The second kappa shape index (κ2) is 5.74. The van der Waals surface area contributed by atoms with Gasteiger partial charge < -0.3 is 5.32 Å². The molecule has 0 aliphatic heterocycles. The van der Waals surface area contributed by atoms with Crippen LogP contribution in [0.1, 0.15) is 36.4 Å². The van der Waals surface area contributed by atoms with Crippen molar-refractivity contribution in [2.24, 2.45) is 0 Å². The topological polar surface area (TPSA) is 63.2 Å². The molecular formula is C14H19NO3S. The van der Waals surface area contributed by atoms with Gasteiger partial charge >= 0.3 is 0 Å². The number of benzene rings is 1. The standard InChI is InChI=1S/C14H19NO3S/c1-19(17,18)10-9-14(16)15-13-8-4-6-11-5-2-3-7-12(11)13/h2-3,5,7,13H,4,6,8-10H2,1H3,(H,15,16). The average Bonchev–Trinajstić information content (AvgIpc) is 2.36. The summed E-state index contributed by atoms with van der Waals surface area (Å²) in [5.74, 6) is -0.278. The lowest BCUT2D eigenvalue weighted by Gasteiger charge is -2.26. The monoisotopic (exact) mass is 281 g/mol. The molecule has 4 nitrogen and oxygen atoms in total. The second-order valence-corrected chi connectivity index (χ2v) is 7.35. The van der Waals surface area contributed by atoms with Crippen molar-refractivity contribution >= 4 is 15.7 Å². The molecule has 0 aromatic heterocycles. The molecular weight excluding hydrogens is 262 g/mol. The van der Waals surface area contributed by atoms with Crippen LogP contribution in [0.5, 0.6) is 0 Å². The van der Waals surface area contributed by atoms with Gasteiger partial charge in [0.15, 0.2) is 0 Å². The van der Waals surface area contributed by atoms with Gasteiger partial charge in [-0.25, -0.2) is 8.42 Å². The molecule has 5 heteroatoms. The van der Waals surface area contributed by atoms with E-state index in [1.165, 1.54) is 11.1 Å². The maximum absolute atomic E-state index is 11.8. The normalized spacial score (nSPS) is 18.7. The van der Waals surface area contributed by atoms with Crippen LogP contribution in [0.15, 0.2) is 24.3 Å². The minimum atomic E-state index is -3.08. The first kappa shape index (κ1) is 14.1. The summed E-state index contributed by atoms with van der Waals surface area (Å²) in [5, 5.41) is 2.94. The molecule has 1 aliphatic rings. The molecule has 104 valence electrons. The molecule has 0 fully saturated rings. The molecule has 0 bridgehead atoms. The van der Waals surface area contributed by atoms with Gasteiger partial charge in [-0.05, 0) is 30.4 Å². The van der Waals surface area contributed by atoms with Crippen LogP contribution < -0.4 is 5.32 Å². The van der Waals surface area contributed by atoms with Crippen molar-refractivity contribution in [2.45, 2.75) is 31.7 Å². The first-order chi connectivity index (χ1) is 8.96. The van der Waals surface area contributed by atoms with Crippen LogP contribution in [0.4, 0.5) is 0 Å². The van der Waals surface area contributed by atoms with Gasteiger partial charge in [0.1, 0.15) is 9.84 Å². The SMILES string of the molecule is CS(=O)(=O)CCC(=O)NC1CCCc2ccccc21. The molecule has 19 heavy (non-hydrogen) atoms. The van der Waals surface area contributed by atoms with Crippen LogP contribution in [0, 0.1) is 0 Å². The fourth-order valence-electron chi connectivity index (χ4n) is 2.45. The number of hydrogen-bond acceptors (Lipinski definition) is 3. The number of hydrogen-bond donors (Lipinski definition) is 1. The van der Waals surface area contributed by atoms with Crippen LogP contribution >= 0.6 is 0 Å². The van der Waals surface area contributed by atoms with Gasteiger partial charge in [0.25, 0.3) is 0 Å². The minimum Gasteiger partial charge on any atom is -0.349 e. The van der Waals surface area contributed by atoms with E-state index in [1.807, 2.05) is 18.2 Å². The van der Waals surface area contributed by atoms with Crippen LogP contribution in [0.25, 0.3) is 0 Å². The smallest absolute Gasteiger partial charge is 0.221 e. The van der Waals surface area contributed by atoms with Crippen LogP contribution in [0.3, 0.4) is 0 Å². The predicted molar refractivity (Wildman–Crippen MR) is 74.6 cm³/mol. The van der Waals surface area contributed by atoms with Gasteiger partial charge in [-0.15, -0.1) is 0 Å². The molecule has 1 aromatic rings. The van der Waals surface area contributed by atoms with Crippen molar-refractivity contribution in [3.05, 3.63) is 35.4 Å². The summed E-state index contributed by atoms with van der Waals surface area (Å²) in [6, 6.07) is 8.13. The summed E-state index contributed by atoms with van der Waals surface area (Å²) < 4.78 is 22.1. The average molecular weight is 281 g/mol. The zero-order chi connectivity index (χ0) is 13.9. The van der Waals surface area contributed by atoms with E-state index in [-0.39, 0.29) is 24.1 Å². The van der Waals surface area contributed by atoms with Gasteiger partial charge in [0.2, 0.25) is 5.91 Å². The highest BCUT2D eigenvalue weighted by atomic mass is 32.2. The Balaban J connectivity index is 1.99. The molecule has 1 N–H and O–H groups in total. The molecule has 0 radical (unpaired) electrons. The Labute approximate surface area is 114 Å². The van der Waals surface area contributed by atoms with E-state index in [2.05, 4.69) is 11.4 Å². The summed E-state index contributed by atoms with van der Waals surface area (Å²) in [6.45, 7) is 0. The molecule has 2 rings (SSSR count). The van der Waals surface area contributed by atoms with E-state index in [1.54, 1.807) is 0 Å². The first-order valence-electron chi connectivity index (χ1n) is 6.50. The van der Waals surface area contributed by atoms with Crippen molar-refractivity contribution in [3.63, 3.8) is 0 Å². The number of carbonyl (C=O) groups excluding carboxylic acids is 1. The number of carbonyl (C=O) groups is 1. The molecule has 0 spiro atoms. The molecule has 1 aliphatic carbocycles. The summed E-state index contributed by atoms with van der Waals surface area (Å²) in [7, 11) is -3.08. The van der Waals surface area contributed by atoms with E-state index in [0.29, 0.717) is 0 Å². The molecule has 1 unspecified atom stereocenters. The van der Waals surface area contributed by atoms with Crippen molar-refractivity contribution in [1.82, 2.24) is 5.32 Å². The van der Waals surface area contributed by atoms with E-state index in [4.69, 9.17) is 0 Å². The Morgan fingerprint density at radius 1 is 1.37 bits per heavy atom. The van der Waals surface area contributed by atoms with E-state index < -0.39 is 9.84 Å². The van der Waals surface area contributed by atoms with Crippen molar-refractivity contribution < 1.29 is 13.2 Å². The maximum Gasteiger partial charge on any atom is 0.221 e. The summed E-state index contributed by atoms with van der Waals surface area (Å²) in [6.07, 6.45) is 4.20. The first-order valence-corrected chi connectivity index (χ1v) is 8.56. The number of amides is 1. The van der Waals surface area contributed by atoms with Gasteiger partial charge in [0, 0.05) is 12.7 Å². The third kappa shape index (κ3) is 4.06. The Morgan fingerprint density at radius 3 is 2.84 bits per heavy atom. The van der Waals surface area contributed by atoms with Gasteiger partial charge in [-0.2, -0.15) is 0 Å². The fourth-order valence-corrected chi connectivity index (χ4v) is 3.00. The van der Waals surface area contributed by atoms with Crippen LogP contribution in [0.2, 0.25) is 0 Å². The van der Waals surface area contributed by atoms with E-state index >= 15 is 0 Å². The van der Waals surface area contributed by atoms with E-state index in [9.17, 15) is 13.2 Å². The fraction of sp³-hybridized carbons (Fsp3) is 0.500. The highest BCUT2D eigenvalue weighted by Crippen LogP contribution is 2.29. The number of nitrogens with one attached hydrogen (secondary N) is 1. The lowest BCUT2D eigenvalue weighted by molar-refractivity contribution is -0.121. The number of rotatable bonds is 4. The Bertz CT molecular complexity index is 566. The Morgan fingerprint density at radius 2 is 2.11 bits per heavy atom. The quantitative estimate of drug-likeness (QED) is 0.912. The Hall–Kier alpha value is -1.36. The van der Waals surface area contributed by atoms with Crippen LogP contribution in [-0.4, -0.2) is 26.3 Å². The lowest BCUT2D eigenvalue weighted by atomic mass is 9.88. The van der Waals surface area contributed by atoms with Gasteiger partial charge in [-0.1, -0.05) is 24.3 Å². The van der Waals surface area contributed by atoms with Crippen LogP contribution in [-0.2, 0) is 21.1 Å². The van der Waals surface area contributed by atoms with E-state index in [0.717, 1.165) is 25.5 Å². The molecule has 1 amide bonds. The van der Waals surface area contributed by atoms with Crippen molar-refractivity contribution in [1.29, 1.82) is 0 Å². The molecule has 1 atom stereocenters. The van der Waals surface area contributed by atoms with Gasteiger partial charge in [0.05, 0.1) is 11.8 Å². The largest absolute Gasteiger partial charge is 0.349 e. The number of sulfone groups is 1. The predicted octanol–water partition coefficient (Wildman–Crippen LogP) is 1.61. The summed E-state index contributed by atoms with van der Waals surface area (Å²) in [4.78, 5) is 11.8. The molecule has 0 saturated carbocycles. The maximum atomic E-state index is 11.8.